The molecule has 2 aromatic heterocycles. The number of carbonyl (C=O) groups excluding carboxylic acids is 2. The van der Waals surface area contributed by atoms with Crippen molar-refractivity contribution in [2.75, 3.05) is 17.7 Å². The van der Waals surface area contributed by atoms with Crippen LogP contribution in [0.1, 0.15) is 17.3 Å². The molecule has 0 atom stereocenters. The Morgan fingerprint density at radius 1 is 1.10 bits per heavy atom. The van der Waals surface area contributed by atoms with Crippen LogP contribution in [0.4, 0.5) is 11.6 Å². The molecule has 0 radical (unpaired) electrons. The largest absolute Gasteiger partial charge is 0.497 e. The molecular weight excluding hydrogens is 390 g/mol. The van der Waals surface area contributed by atoms with E-state index in [4.69, 9.17) is 4.74 Å². The zero-order chi connectivity index (χ0) is 20.4. The Labute approximate surface area is 170 Å². The summed E-state index contributed by atoms with van der Waals surface area (Å²) in [6, 6.07) is 14.3. The van der Waals surface area contributed by atoms with Crippen LogP contribution in [-0.4, -0.2) is 33.5 Å². The minimum atomic E-state index is -0.316. The molecule has 0 spiro atoms. The molecule has 2 N–H and O–H groups in total. The van der Waals surface area contributed by atoms with E-state index in [9.17, 15) is 9.59 Å². The third-order valence-corrected chi connectivity index (χ3v) is 4.96. The smallest absolute Gasteiger partial charge is 0.258 e. The zero-order valence-electron chi connectivity index (χ0n) is 15.7. The number of carbonyl (C=O) groups is 2. The van der Waals surface area contributed by atoms with Crippen molar-refractivity contribution in [3.05, 3.63) is 59.5 Å². The van der Waals surface area contributed by atoms with Crippen molar-refractivity contribution < 1.29 is 14.3 Å². The molecule has 29 heavy (non-hydrogen) atoms. The molecule has 0 bridgehead atoms. The number of anilines is 2. The first-order valence-corrected chi connectivity index (χ1v) is 9.59. The summed E-state index contributed by atoms with van der Waals surface area (Å²) in [5.74, 6) is 0.383. The van der Waals surface area contributed by atoms with Crippen LogP contribution in [0, 0.1) is 0 Å². The van der Waals surface area contributed by atoms with Gasteiger partial charge in [-0.25, -0.2) is 4.52 Å². The van der Waals surface area contributed by atoms with Gasteiger partial charge in [0, 0.05) is 29.1 Å². The predicted molar refractivity (Wildman–Crippen MR) is 112 cm³/mol. The summed E-state index contributed by atoms with van der Waals surface area (Å²) in [5.41, 5.74) is 2.93. The van der Waals surface area contributed by atoms with Gasteiger partial charge in [-0.15, -0.1) is 16.4 Å². The van der Waals surface area contributed by atoms with Gasteiger partial charge in [-0.3, -0.25) is 14.9 Å². The number of rotatable bonds is 5. The number of amides is 2. The van der Waals surface area contributed by atoms with Gasteiger partial charge in [0.1, 0.15) is 5.75 Å². The molecule has 146 valence electrons. The van der Waals surface area contributed by atoms with E-state index >= 15 is 0 Å². The Morgan fingerprint density at radius 2 is 1.90 bits per heavy atom. The lowest BCUT2D eigenvalue weighted by Crippen LogP contribution is -2.13. The van der Waals surface area contributed by atoms with Gasteiger partial charge in [-0.05, 0) is 30.3 Å². The molecule has 0 aliphatic heterocycles. The molecule has 0 saturated heterocycles. The summed E-state index contributed by atoms with van der Waals surface area (Å²) >= 11 is 1.42. The molecule has 8 nitrogen and oxygen atoms in total. The van der Waals surface area contributed by atoms with E-state index in [1.54, 1.807) is 35.9 Å². The number of hydrogen-bond donors (Lipinski definition) is 2. The van der Waals surface area contributed by atoms with Gasteiger partial charge in [0.25, 0.3) is 11.9 Å². The monoisotopic (exact) mass is 407 g/mol. The minimum Gasteiger partial charge on any atom is -0.497 e. The summed E-state index contributed by atoms with van der Waals surface area (Å²) in [6.45, 7) is 1.47. The van der Waals surface area contributed by atoms with E-state index in [-0.39, 0.29) is 17.8 Å². The van der Waals surface area contributed by atoms with Crippen molar-refractivity contribution in [1.82, 2.24) is 14.6 Å². The van der Waals surface area contributed by atoms with Crippen molar-refractivity contribution in [3.8, 4) is 17.0 Å². The van der Waals surface area contributed by atoms with Gasteiger partial charge in [-0.2, -0.15) is 4.98 Å². The molecule has 0 saturated carbocycles. The number of benzene rings is 2. The fraction of sp³-hybridized carbons (Fsp3) is 0.100. The molecule has 2 amide bonds. The number of thiazole rings is 1. The third kappa shape index (κ3) is 3.94. The highest BCUT2D eigenvalue weighted by atomic mass is 32.1. The summed E-state index contributed by atoms with van der Waals surface area (Å²) in [4.78, 5) is 28.7. The molecule has 4 rings (SSSR count). The molecule has 2 aromatic carbocycles. The SMILES string of the molecule is COc1cccc(C(=O)Nc2nc3scc(-c4ccc(NC(C)=O)cc4)n3n2)c1. The molecule has 4 aromatic rings. The Kier molecular flexibility index (Phi) is 4.96. The fourth-order valence-corrected chi connectivity index (χ4v) is 3.63. The van der Waals surface area contributed by atoms with Gasteiger partial charge in [-0.1, -0.05) is 18.2 Å². The summed E-state index contributed by atoms with van der Waals surface area (Å²) in [6.07, 6.45) is 0. The first-order valence-electron chi connectivity index (χ1n) is 8.71. The average molecular weight is 407 g/mol. The van der Waals surface area contributed by atoms with Gasteiger partial charge in [0.15, 0.2) is 0 Å². The van der Waals surface area contributed by atoms with Crippen LogP contribution in [0.15, 0.2) is 53.9 Å². The Morgan fingerprint density at radius 3 is 2.62 bits per heavy atom. The number of fused-ring (bicyclic) bond motifs is 1. The van der Waals surface area contributed by atoms with Crippen molar-refractivity contribution in [2.45, 2.75) is 6.92 Å². The predicted octanol–water partition coefficient (Wildman–Crippen LogP) is 3.68. The molecule has 0 aliphatic carbocycles. The lowest BCUT2D eigenvalue weighted by molar-refractivity contribution is -0.114. The molecule has 2 heterocycles. The standard InChI is InChI=1S/C20H17N5O3S/c1-12(26)21-15-8-6-13(7-9-15)17-11-29-20-23-19(24-25(17)20)22-18(27)14-4-3-5-16(10-14)28-2/h3-11H,1-2H3,(H,21,26)(H,22,24,27). The van der Waals surface area contributed by atoms with Gasteiger partial charge >= 0.3 is 0 Å². The number of nitrogens with one attached hydrogen (secondary N) is 2. The topological polar surface area (TPSA) is 97.6 Å². The van der Waals surface area contributed by atoms with Crippen LogP contribution in [0.25, 0.3) is 16.2 Å². The second kappa shape index (κ2) is 7.72. The zero-order valence-corrected chi connectivity index (χ0v) is 16.5. The van der Waals surface area contributed by atoms with Gasteiger partial charge in [0.2, 0.25) is 10.9 Å². The molecule has 0 unspecified atom stereocenters. The van der Waals surface area contributed by atoms with Crippen LogP contribution in [0.5, 0.6) is 5.75 Å². The first kappa shape index (κ1) is 18.6. The lowest BCUT2D eigenvalue weighted by Gasteiger charge is -2.04. The highest BCUT2D eigenvalue weighted by Crippen LogP contribution is 2.27. The number of nitrogens with zero attached hydrogens (tertiary/aromatic N) is 3. The number of hydrogen-bond acceptors (Lipinski definition) is 6. The van der Waals surface area contributed by atoms with Gasteiger partial charge < -0.3 is 10.1 Å². The van der Waals surface area contributed by atoms with Crippen LogP contribution in [0.2, 0.25) is 0 Å². The minimum absolute atomic E-state index is 0.122. The number of ether oxygens (including phenoxy) is 1. The third-order valence-electron chi connectivity index (χ3n) is 4.14. The highest BCUT2D eigenvalue weighted by molar-refractivity contribution is 7.15. The fourth-order valence-electron chi connectivity index (χ4n) is 2.80. The van der Waals surface area contributed by atoms with Crippen LogP contribution in [0.3, 0.4) is 0 Å². The maximum absolute atomic E-state index is 12.5. The van der Waals surface area contributed by atoms with Crippen molar-refractivity contribution in [1.29, 1.82) is 0 Å². The highest BCUT2D eigenvalue weighted by Gasteiger charge is 2.15. The maximum atomic E-state index is 12.5. The summed E-state index contributed by atoms with van der Waals surface area (Å²) in [5, 5.41) is 11.8. The molecule has 9 heteroatoms. The van der Waals surface area contributed by atoms with E-state index in [1.165, 1.54) is 18.3 Å². The maximum Gasteiger partial charge on any atom is 0.258 e. The molecule has 0 aliphatic rings. The normalized spacial score (nSPS) is 10.7. The van der Waals surface area contributed by atoms with E-state index < -0.39 is 0 Å². The van der Waals surface area contributed by atoms with Crippen molar-refractivity contribution in [3.63, 3.8) is 0 Å². The van der Waals surface area contributed by atoms with Crippen LogP contribution < -0.4 is 15.4 Å². The first-order chi connectivity index (χ1) is 14.0. The van der Waals surface area contributed by atoms with Crippen LogP contribution >= 0.6 is 11.3 Å². The quantitative estimate of drug-likeness (QED) is 0.526. The Bertz CT molecular complexity index is 1200. The molecule has 0 fully saturated rings. The van der Waals surface area contributed by atoms with E-state index in [1.807, 2.05) is 29.6 Å². The van der Waals surface area contributed by atoms with Crippen molar-refractivity contribution >= 4 is 39.7 Å². The van der Waals surface area contributed by atoms with Crippen molar-refractivity contribution in [2.24, 2.45) is 0 Å². The van der Waals surface area contributed by atoms with E-state index in [0.29, 0.717) is 16.3 Å². The number of methoxy groups -OCH3 is 1. The summed E-state index contributed by atoms with van der Waals surface area (Å²) in [7, 11) is 1.55. The summed E-state index contributed by atoms with van der Waals surface area (Å²) < 4.78 is 6.83. The molecular formula is C20H17N5O3S. The Hall–Kier alpha value is -3.72. The Balaban J connectivity index is 1.57. The van der Waals surface area contributed by atoms with Gasteiger partial charge in [0.05, 0.1) is 12.8 Å². The average Bonchev–Trinajstić information content (AvgIpc) is 3.28. The van der Waals surface area contributed by atoms with E-state index in [0.717, 1.165) is 16.9 Å². The van der Waals surface area contributed by atoms with Crippen LogP contribution in [-0.2, 0) is 4.79 Å². The van der Waals surface area contributed by atoms with E-state index in [2.05, 4.69) is 20.7 Å². The lowest BCUT2D eigenvalue weighted by atomic mass is 10.1. The second-order valence-electron chi connectivity index (χ2n) is 6.20. The second-order valence-corrected chi connectivity index (χ2v) is 7.03. The number of aromatic nitrogens is 3.